The summed E-state index contributed by atoms with van der Waals surface area (Å²) >= 11 is 21.8. The first-order valence-corrected chi connectivity index (χ1v) is 30.7. The third-order valence-electron chi connectivity index (χ3n) is 19.4. The van der Waals surface area contributed by atoms with Crippen LogP contribution in [0.5, 0.6) is 0 Å². The van der Waals surface area contributed by atoms with E-state index < -0.39 is 293 Å². The molecule has 7 aromatic carbocycles. The van der Waals surface area contributed by atoms with Crippen molar-refractivity contribution in [2.45, 2.75) is 0 Å². The van der Waals surface area contributed by atoms with Crippen LogP contribution < -0.4 is 32.9 Å². The fraction of sp³-hybridized carbons (Fsp3) is 0. The van der Waals surface area contributed by atoms with Crippen LogP contribution in [0.3, 0.4) is 0 Å². The fourth-order valence-electron chi connectivity index (χ4n) is 15.0. The Morgan fingerprint density at radius 3 is 0.731 bits per heavy atom. The van der Waals surface area contributed by atoms with Crippen LogP contribution in [-0.2, 0) is 0 Å². The van der Waals surface area contributed by atoms with E-state index >= 15 is 87.8 Å². The molecule has 9 aliphatic rings. The Bertz CT molecular complexity index is 7520. The van der Waals surface area contributed by atoms with Crippen LogP contribution in [0.2, 0.25) is 0 Å². The predicted octanol–water partition coefficient (Wildman–Crippen LogP) is 11.3. The molecule has 0 unspecified atom stereocenters. The molecule has 44 heteroatoms. The van der Waals surface area contributed by atoms with Gasteiger partial charge >= 0.3 is 19.2 Å². The van der Waals surface area contributed by atoms with Crippen molar-refractivity contribution in [1.82, 2.24) is 26.9 Å². The van der Waals surface area contributed by atoms with Gasteiger partial charge in [-0.1, -0.05) is 0 Å². The van der Waals surface area contributed by atoms with Gasteiger partial charge in [0.1, 0.15) is 67.8 Å². The highest BCUT2D eigenvalue weighted by atomic mass is 35.5. The van der Waals surface area contributed by atoms with Crippen LogP contribution >= 0.6 is 34.4 Å². The zero-order valence-corrected chi connectivity index (χ0v) is 51.1. The number of halogens is 23. The van der Waals surface area contributed by atoms with Crippen LogP contribution in [-0.4, -0.2) is 81.1 Å². The van der Waals surface area contributed by atoms with Crippen molar-refractivity contribution in [2.24, 2.45) is 59.9 Å². The Morgan fingerprint density at radius 2 is 0.404 bits per heavy atom. The summed E-state index contributed by atoms with van der Waals surface area (Å²) in [7, 11) is 0. The Hall–Kier alpha value is -11.7. The van der Waals surface area contributed by atoms with Crippen LogP contribution in [0.15, 0.2) is 84.2 Å². The van der Waals surface area contributed by atoms with Gasteiger partial charge in [-0.25, -0.2) is 148 Å². The Labute approximate surface area is 567 Å². The van der Waals surface area contributed by atoms with Gasteiger partial charge in [0, 0.05) is 43.8 Å². The number of amidine groups is 6. The van der Waals surface area contributed by atoms with E-state index in [1.807, 2.05) is 0 Å². The molecule has 104 heavy (non-hydrogen) atoms. The lowest BCUT2D eigenvalue weighted by Gasteiger charge is -2.18. The van der Waals surface area contributed by atoms with Gasteiger partial charge in [-0.2, -0.15) is 0 Å². The summed E-state index contributed by atoms with van der Waals surface area (Å²) in [5.74, 6) is -55.2. The van der Waals surface area contributed by atoms with Gasteiger partial charge in [0.15, 0.2) is 151 Å². The second-order valence-electron chi connectivity index (χ2n) is 24.2. The molecular weight excluding hydrogens is 1490 g/mol. The van der Waals surface area contributed by atoms with Gasteiger partial charge in [0.05, 0.1) is 54.2 Å². The van der Waals surface area contributed by atoms with E-state index in [2.05, 4.69) is 54.9 Å². The first-order chi connectivity index (χ1) is 49.7. The van der Waals surface area contributed by atoms with Gasteiger partial charge in [-0.05, 0) is 24.3 Å². The lowest BCUT2D eigenvalue weighted by Crippen LogP contribution is -2.45. The number of fused-ring (bicyclic) bond motifs is 30. The van der Waals surface area contributed by atoms with E-state index in [4.69, 9.17) is 39.4 Å². The molecule has 13 aromatic rings. The van der Waals surface area contributed by atoms with Gasteiger partial charge in [0.25, 0.3) is 0 Å². The highest BCUT2D eigenvalue weighted by Gasteiger charge is 2.47. The normalized spacial score (nSPS) is 15.6. The summed E-state index contributed by atoms with van der Waals surface area (Å²) < 4.78 is 325. The van der Waals surface area contributed by atoms with Gasteiger partial charge in [-0.3, -0.25) is 0 Å². The molecule has 9 aliphatic heterocycles. The van der Waals surface area contributed by atoms with Crippen molar-refractivity contribution in [3.63, 3.8) is 0 Å². The van der Waals surface area contributed by atoms with Crippen molar-refractivity contribution in [1.29, 1.82) is 0 Å². The molecule has 0 radical (unpaired) electrons. The molecule has 0 saturated heterocycles. The average molecular weight is 1500 g/mol. The maximum absolute atomic E-state index is 16.9. The number of aliphatic imine (C=N–C) groups is 6. The molecule has 18 nitrogen and oxygen atoms in total. The van der Waals surface area contributed by atoms with Crippen molar-refractivity contribution >= 4 is 188 Å². The van der Waals surface area contributed by atoms with E-state index in [9.17, 15) is 0 Å². The third kappa shape index (κ3) is 6.51. The quantitative estimate of drug-likeness (QED) is 0.0608. The summed E-state index contributed by atoms with van der Waals surface area (Å²) in [6, 6.07) is 4.66. The Kier molecular flexibility index (Phi) is 10.8. The molecule has 0 spiro atoms. The Morgan fingerprint density at radius 1 is 0.202 bits per heavy atom. The molecule has 0 amide bonds. The molecule has 6 aromatic heterocycles. The number of hydrogen-bond acceptors (Lipinski definition) is 12. The van der Waals surface area contributed by atoms with Crippen LogP contribution in [0.4, 0.5) is 123 Å². The molecule has 0 N–H and O–H groups in total. The molecular formula is C60H4B3Cl3F20N18. The molecule has 12 bridgehead atoms. The fourth-order valence-corrected chi connectivity index (χ4v) is 16.1. The minimum Gasteiger partial charge on any atom is -0.319 e. The second-order valence-corrected chi connectivity index (χ2v) is 25.4. The van der Waals surface area contributed by atoms with Crippen molar-refractivity contribution in [3.8, 4) is 0 Å². The minimum atomic E-state index is -2.42. The van der Waals surface area contributed by atoms with Crippen LogP contribution in [0.25, 0.3) is 64.6 Å². The monoisotopic (exact) mass is 1490 g/mol. The van der Waals surface area contributed by atoms with Crippen LogP contribution in [0.1, 0.15) is 33.4 Å². The summed E-state index contributed by atoms with van der Waals surface area (Å²) in [5, 5.41) is -10.5. The third-order valence-corrected chi connectivity index (χ3v) is 20.5. The van der Waals surface area contributed by atoms with Gasteiger partial charge in [0.2, 0.25) is 0 Å². The molecule has 15 heterocycles. The Balaban J connectivity index is 0.877. The summed E-state index contributed by atoms with van der Waals surface area (Å²) in [4.78, 5) is 53.6. The largest absolute Gasteiger partial charge is 0.499 e. The molecule has 0 aliphatic carbocycles. The number of benzene rings is 7. The molecule has 0 saturated carbocycles. The van der Waals surface area contributed by atoms with Crippen molar-refractivity contribution in [2.75, 3.05) is 0 Å². The van der Waals surface area contributed by atoms with Crippen LogP contribution in [0, 0.1) is 116 Å². The number of aromatic nitrogens is 6. The zero-order valence-electron chi connectivity index (χ0n) is 48.8. The van der Waals surface area contributed by atoms with Crippen molar-refractivity contribution < 1.29 is 87.8 Å². The van der Waals surface area contributed by atoms with E-state index in [0.29, 0.717) is 13.4 Å². The van der Waals surface area contributed by atoms with Crippen molar-refractivity contribution in [3.05, 3.63) is 207 Å². The molecule has 0 atom stereocenters. The highest BCUT2D eigenvalue weighted by molar-refractivity contribution is 7.06. The van der Waals surface area contributed by atoms with E-state index in [0.717, 1.165) is 25.6 Å². The number of rotatable bonds is 0. The smallest absolute Gasteiger partial charge is 0.319 e. The maximum atomic E-state index is 16.9. The maximum Gasteiger partial charge on any atom is 0.499 e. The summed E-state index contributed by atoms with van der Waals surface area (Å²) in [6.07, 6.45) is -6.18. The highest BCUT2D eigenvalue weighted by Crippen LogP contribution is 2.50. The zero-order chi connectivity index (χ0) is 71.8. The van der Waals surface area contributed by atoms with Gasteiger partial charge in [-0.15, -0.1) is 34.4 Å². The summed E-state index contributed by atoms with van der Waals surface area (Å²) in [6.45, 7) is 0. The summed E-state index contributed by atoms with van der Waals surface area (Å²) in [5.41, 5.74) is -7.48. The number of nitrogens with zero attached hydrogens (tertiary/aromatic N) is 18. The SMILES string of the molecule is Fc1c(F)c(F)c2c(c1F)C1=NC2=Nc2c3c(F)c(F)c(F)c(F)c3c3n2B(Cl)n2c(c4cc5c(cc4c2=N3)C2=NC5=Nc3c4c(F)c(F)c(F)c(F)c4c4n3B(Cl)n3c(c5cc6c(cc5c3=N4)C3=Nc4c5c(F)c(F)c(F)c(F)c5c5n4B(Cl)n4c(c7c(F)c(F)c(F)c(F)c7c4=N5)=NC6=N3)=N2)=N1. The second kappa shape index (κ2) is 18.7. The minimum absolute atomic E-state index is 0.208. The molecule has 504 valence electrons. The average Bonchev–Trinajstić information content (AvgIpc) is 1.49. The standard InChI is InChI=1S/C60H4B3Cl3F20N18/c64-61-99-49-9-1-7-8(46-88-45(7)92-54-16-21(31(75)41(85)36(80)26(16)70)59-98-60-22-17(27(71)37(81)42(86)32(22)76)55(93-46)103(60)63(66)102(54)59)4-11(9)51(99)96-57-19-15(25(69)35(79)39(83)29(19)73)53(101(57)61)91-44-6-2-10-12(3-5(6)43(87-44)90-49)52-97-58-20-18(28(72)38(82)40(84)30(20)74)56-95-48-14-13(23(67)33(77)34(78)24(14)68)47(89-48)94-50(10)100(52)62(65)104(56)58/h1-4H. The molecule has 0 fully saturated rings. The molecule has 22 rings (SSSR count). The van der Waals surface area contributed by atoms with Gasteiger partial charge < -0.3 is 26.9 Å². The number of hydrogen-bond donors (Lipinski definition) is 0. The lowest BCUT2D eigenvalue weighted by molar-refractivity contribution is 0.407. The van der Waals surface area contributed by atoms with E-state index in [1.54, 1.807) is 0 Å². The predicted molar refractivity (Wildman–Crippen MR) is 329 cm³/mol. The first-order valence-electron chi connectivity index (χ1n) is 29.3. The first kappa shape index (κ1) is 59.9. The van der Waals surface area contributed by atoms with E-state index in [1.165, 1.54) is 12.1 Å². The topological polar surface area (TPSA) is 178 Å². The lowest BCUT2D eigenvalue weighted by atomic mass is 10.0. The van der Waals surface area contributed by atoms with E-state index in [-0.39, 0.29) is 43.8 Å².